The van der Waals surface area contributed by atoms with E-state index in [4.69, 9.17) is 5.73 Å². The number of rotatable bonds is 5. The molecule has 4 nitrogen and oxygen atoms in total. The highest BCUT2D eigenvalue weighted by Gasteiger charge is 2.06. The van der Waals surface area contributed by atoms with E-state index in [0.29, 0.717) is 23.8 Å². The molecule has 0 aliphatic rings. The molecular weight excluding hydrogens is 214 g/mol. The second kappa shape index (κ2) is 6.25. The van der Waals surface area contributed by atoms with Crippen molar-refractivity contribution < 1.29 is 4.79 Å². The van der Waals surface area contributed by atoms with Crippen LogP contribution in [0.3, 0.4) is 0 Å². The van der Waals surface area contributed by atoms with Crippen LogP contribution in [-0.2, 0) is 0 Å². The summed E-state index contributed by atoms with van der Waals surface area (Å²) < 4.78 is 0. The van der Waals surface area contributed by atoms with Gasteiger partial charge in [0.1, 0.15) is 0 Å². The van der Waals surface area contributed by atoms with Gasteiger partial charge in [0.15, 0.2) is 0 Å². The van der Waals surface area contributed by atoms with Crippen LogP contribution in [0.5, 0.6) is 0 Å². The second-order valence-electron chi connectivity index (χ2n) is 4.45. The molecule has 94 valence electrons. The molecule has 0 fully saturated rings. The number of carbonyl (C=O) groups is 1. The van der Waals surface area contributed by atoms with E-state index in [2.05, 4.69) is 24.1 Å². The Kier molecular flexibility index (Phi) is 4.97. The zero-order chi connectivity index (χ0) is 12.8. The third-order valence-electron chi connectivity index (χ3n) is 2.80. The predicted octanol–water partition coefficient (Wildman–Crippen LogP) is 1.34. The highest BCUT2D eigenvalue weighted by atomic mass is 16.1. The summed E-state index contributed by atoms with van der Waals surface area (Å²) in [6.07, 6.45) is 0. The zero-order valence-electron chi connectivity index (χ0n) is 10.7. The first kappa shape index (κ1) is 13.5. The summed E-state index contributed by atoms with van der Waals surface area (Å²) in [5.74, 6) is -0.0536. The summed E-state index contributed by atoms with van der Waals surface area (Å²) in [5.41, 5.74) is 6.87. The standard InChI is InChI=1S/C13H21N3O/c1-10(2)16(3)9-8-15-13(17)11-4-6-12(14)7-5-11/h4-7,10H,8-9,14H2,1-3H3,(H,15,17). The Labute approximate surface area is 103 Å². The molecule has 0 aliphatic carbocycles. The van der Waals surface area contributed by atoms with Gasteiger partial charge >= 0.3 is 0 Å². The van der Waals surface area contributed by atoms with Crippen molar-refractivity contribution in [3.8, 4) is 0 Å². The summed E-state index contributed by atoms with van der Waals surface area (Å²) in [4.78, 5) is 13.9. The topological polar surface area (TPSA) is 58.4 Å². The van der Waals surface area contributed by atoms with Gasteiger partial charge in [-0.3, -0.25) is 4.79 Å². The highest BCUT2D eigenvalue weighted by molar-refractivity contribution is 5.94. The van der Waals surface area contributed by atoms with Gasteiger partial charge in [0.05, 0.1) is 0 Å². The molecule has 1 rings (SSSR count). The van der Waals surface area contributed by atoms with E-state index in [-0.39, 0.29) is 5.91 Å². The van der Waals surface area contributed by atoms with E-state index in [1.54, 1.807) is 24.3 Å². The van der Waals surface area contributed by atoms with Gasteiger partial charge < -0.3 is 16.0 Å². The van der Waals surface area contributed by atoms with Crippen molar-refractivity contribution in [3.05, 3.63) is 29.8 Å². The molecule has 0 saturated carbocycles. The number of likely N-dealkylation sites (N-methyl/N-ethyl adjacent to an activating group) is 1. The fraction of sp³-hybridized carbons (Fsp3) is 0.462. The number of benzene rings is 1. The molecule has 17 heavy (non-hydrogen) atoms. The van der Waals surface area contributed by atoms with Crippen LogP contribution >= 0.6 is 0 Å². The molecule has 3 N–H and O–H groups in total. The van der Waals surface area contributed by atoms with Gasteiger partial charge in [-0.05, 0) is 45.2 Å². The molecule has 0 atom stereocenters. The summed E-state index contributed by atoms with van der Waals surface area (Å²) >= 11 is 0. The van der Waals surface area contributed by atoms with Crippen molar-refractivity contribution in [2.45, 2.75) is 19.9 Å². The number of anilines is 1. The molecular formula is C13H21N3O. The Bertz CT molecular complexity index is 359. The van der Waals surface area contributed by atoms with Crippen molar-refractivity contribution >= 4 is 11.6 Å². The SMILES string of the molecule is CC(C)N(C)CCNC(=O)c1ccc(N)cc1. The van der Waals surface area contributed by atoms with Crippen LogP contribution in [0.25, 0.3) is 0 Å². The van der Waals surface area contributed by atoms with Crippen molar-refractivity contribution in [1.82, 2.24) is 10.2 Å². The quantitative estimate of drug-likeness (QED) is 0.757. The third-order valence-corrected chi connectivity index (χ3v) is 2.80. The summed E-state index contributed by atoms with van der Waals surface area (Å²) in [6.45, 7) is 5.75. The fourth-order valence-electron chi connectivity index (χ4n) is 1.34. The van der Waals surface area contributed by atoms with Gasteiger partial charge in [0.25, 0.3) is 5.91 Å². The molecule has 0 saturated heterocycles. The van der Waals surface area contributed by atoms with Crippen LogP contribution in [0, 0.1) is 0 Å². The molecule has 1 aromatic rings. The smallest absolute Gasteiger partial charge is 0.251 e. The largest absolute Gasteiger partial charge is 0.399 e. The maximum Gasteiger partial charge on any atom is 0.251 e. The first-order valence-corrected chi connectivity index (χ1v) is 5.84. The molecule has 0 aliphatic heterocycles. The Morgan fingerprint density at radius 1 is 1.35 bits per heavy atom. The van der Waals surface area contributed by atoms with Gasteiger partial charge in [-0.2, -0.15) is 0 Å². The molecule has 0 heterocycles. The minimum Gasteiger partial charge on any atom is -0.399 e. The molecule has 0 spiro atoms. The third kappa shape index (κ3) is 4.44. The number of amides is 1. The van der Waals surface area contributed by atoms with Gasteiger partial charge in [-0.15, -0.1) is 0 Å². The minimum atomic E-state index is -0.0536. The van der Waals surface area contributed by atoms with Crippen molar-refractivity contribution in [1.29, 1.82) is 0 Å². The molecule has 1 amide bonds. The van der Waals surface area contributed by atoms with E-state index in [1.165, 1.54) is 0 Å². The number of hydrogen-bond acceptors (Lipinski definition) is 3. The monoisotopic (exact) mass is 235 g/mol. The maximum atomic E-state index is 11.7. The van der Waals surface area contributed by atoms with Crippen LogP contribution in [0.2, 0.25) is 0 Å². The average Bonchev–Trinajstić information content (AvgIpc) is 2.29. The maximum absolute atomic E-state index is 11.7. The first-order valence-electron chi connectivity index (χ1n) is 5.84. The minimum absolute atomic E-state index is 0.0536. The number of nitrogen functional groups attached to an aromatic ring is 1. The zero-order valence-corrected chi connectivity index (χ0v) is 10.7. The highest BCUT2D eigenvalue weighted by Crippen LogP contribution is 2.04. The van der Waals surface area contributed by atoms with Gasteiger partial charge in [0.2, 0.25) is 0 Å². The number of nitrogens with zero attached hydrogens (tertiary/aromatic N) is 1. The molecule has 0 radical (unpaired) electrons. The Morgan fingerprint density at radius 3 is 2.47 bits per heavy atom. The van der Waals surface area contributed by atoms with Gasteiger partial charge in [-0.1, -0.05) is 0 Å². The van der Waals surface area contributed by atoms with E-state index in [1.807, 2.05) is 7.05 Å². The average molecular weight is 235 g/mol. The normalized spacial score (nSPS) is 10.9. The molecule has 0 bridgehead atoms. The van der Waals surface area contributed by atoms with Crippen LogP contribution in [0.15, 0.2) is 24.3 Å². The Hall–Kier alpha value is -1.55. The number of nitrogens with one attached hydrogen (secondary N) is 1. The Morgan fingerprint density at radius 2 is 1.94 bits per heavy atom. The molecule has 4 heteroatoms. The van der Waals surface area contributed by atoms with Gasteiger partial charge in [0, 0.05) is 30.4 Å². The number of nitrogens with two attached hydrogens (primary N) is 1. The van der Waals surface area contributed by atoms with E-state index in [0.717, 1.165) is 6.54 Å². The summed E-state index contributed by atoms with van der Waals surface area (Å²) in [7, 11) is 2.04. The number of hydrogen-bond donors (Lipinski definition) is 2. The van der Waals surface area contributed by atoms with Crippen LogP contribution in [0.1, 0.15) is 24.2 Å². The first-order chi connectivity index (χ1) is 8.00. The lowest BCUT2D eigenvalue weighted by molar-refractivity contribution is 0.0948. The van der Waals surface area contributed by atoms with Gasteiger partial charge in [-0.25, -0.2) is 0 Å². The van der Waals surface area contributed by atoms with Crippen LogP contribution in [-0.4, -0.2) is 37.0 Å². The van der Waals surface area contributed by atoms with E-state index < -0.39 is 0 Å². The van der Waals surface area contributed by atoms with Crippen LogP contribution < -0.4 is 11.1 Å². The summed E-state index contributed by atoms with van der Waals surface area (Å²) in [5, 5.41) is 2.88. The fourth-order valence-corrected chi connectivity index (χ4v) is 1.34. The second-order valence-corrected chi connectivity index (χ2v) is 4.45. The van der Waals surface area contributed by atoms with Crippen molar-refractivity contribution in [3.63, 3.8) is 0 Å². The molecule has 1 aromatic carbocycles. The summed E-state index contributed by atoms with van der Waals surface area (Å²) in [6, 6.07) is 7.42. The molecule has 0 unspecified atom stereocenters. The predicted molar refractivity (Wildman–Crippen MR) is 71.0 cm³/mol. The van der Waals surface area contributed by atoms with E-state index in [9.17, 15) is 4.79 Å². The van der Waals surface area contributed by atoms with E-state index >= 15 is 0 Å². The number of carbonyl (C=O) groups excluding carboxylic acids is 1. The lowest BCUT2D eigenvalue weighted by Crippen LogP contribution is -2.36. The Balaban J connectivity index is 2.37. The molecule has 0 aromatic heterocycles. The lowest BCUT2D eigenvalue weighted by atomic mass is 10.2. The van der Waals surface area contributed by atoms with Crippen molar-refractivity contribution in [2.75, 3.05) is 25.9 Å². The van der Waals surface area contributed by atoms with Crippen molar-refractivity contribution in [2.24, 2.45) is 0 Å². The lowest BCUT2D eigenvalue weighted by Gasteiger charge is -2.20. The van der Waals surface area contributed by atoms with Crippen LogP contribution in [0.4, 0.5) is 5.69 Å².